The largest absolute Gasteiger partial charge is 0.455 e. The lowest BCUT2D eigenvalue weighted by atomic mass is 10.1. The van der Waals surface area contributed by atoms with Crippen LogP contribution in [0.25, 0.3) is 16.6 Å². The number of anilines is 2. The van der Waals surface area contributed by atoms with Crippen LogP contribution in [0.4, 0.5) is 16.2 Å². The van der Waals surface area contributed by atoms with Crippen molar-refractivity contribution < 1.29 is 38.2 Å². The summed E-state index contributed by atoms with van der Waals surface area (Å²) in [6.07, 6.45) is 0.250. The maximum absolute atomic E-state index is 13.9. The number of hydrogen-bond donors (Lipinski definition) is 3. The number of esters is 1. The molecule has 1 fully saturated rings. The standard InChI is InChI=1S/C37H45ClN10O8/c1-36(2,3)55-34(53)29-19-22-18-24(9-12-27(22)48(29)35(54)56-37(4,5)6)40-31(50)25(10-13-30(49)46-16-14-45(7)15-17-46)41-32(51)33(52)42-26-20-23(38)8-11-28(26)47-21-39-43-44-47/h8-9,11-12,18-21,25H,10,13-17H2,1-7H3,(H,40,50)(H,41,51)(H,42,52)/t25-/m0/s1. The van der Waals surface area contributed by atoms with Crippen molar-refractivity contribution in [3.63, 3.8) is 0 Å². The first kappa shape index (κ1) is 41.3. The molecule has 3 N–H and O–H groups in total. The van der Waals surface area contributed by atoms with E-state index in [9.17, 15) is 28.8 Å². The zero-order valence-electron chi connectivity index (χ0n) is 32.2. The number of benzene rings is 2. The molecule has 1 atom stereocenters. The number of carbonyl (C=O) groups excluding carboxylic acids is 6. The minimum absolute atomic E-state index is 0.0887. The summed E-state index contributed by atoms with van der Waals surface area (Å²) < 4.78 is 13.5. The van der Waals surface area contributed by atoms with Crippen molar-refractivity contribution in [1.82, 2.24) is 39.9 Å². The Hall–Kier alpha value is -5.88. The van der Waals surface area contributed by atoms with E-state index in [-0.39, 0.29) is 40.8 Å². The van der Waals surface area contributed by atoms with Gasteiger partial charge in [0, 0.05) is 48.7 Å². The number of halogens is 1. The van der Waals surface area contributed by atoms with Crippen LogP contribution in [0.1, 0.15) is 64.9 Å². The summed E-state index contributed by atoms with van der Waals surface area (Å²) >= 11 is 6.16. The highest BCUT2D eigenvalue weighted by Crippen LogP contribution is 2.28. The molecule has 0 unspecified atom stereocenters. The fraction of sp³-hybridized carbons (Fsp3) is 0.432. The number of aromatic nitrogens is 5. The van der Waals surface area contributed by atoms with Crippen molar-refractivity contribution in [2.75, 3.05) is 43.9 Å². The zero-order chi connectivity index (χ0) is 40.9. The Morgan fingerprint density at radius 1 is 0.857 bits per heavy atom. The van der Waals surface area contributed by atoms with Crippen LogP contribution in [0.3, 0.4) is 0 Å². The highest BCUT2D eigenvalue weighted by molar-refractivity contribution is 6.40. The van der Waals surface area contributed by atoms with E-state index in [0.29, 0.717) is 42.8 Å². The van der Waals surface area contributed by atoms with E-state index >= 15 is 0 Å². The first-order chi connectivity index (χ1) is 26.3. The Morgan fingerprint density at radius 3 is 2.20 bits per heavy atom. The molecule has 18 nitrogen and oxygen atoms in total. The first-order valence-electron chi connectivity index (χ1n) is 17.8. The van der Waals surface area contributed by atoms with E-state index in [0.717, 1.165) is 4.57 Å². The first-order valence-corrected chi connectivity index (χ1v) is 18.2. The third kappa shape index (κ3) is 10.7. The van der Waals surface area contributed by atoms with Crippen LogP contribution in [0.5, 0.6) is 0 Å². The number of tetrazole rings is 1. The summed E-state index contributed by atoms with van der Waals surface area (Å²) in [5, 5.41) is 19.3. The Morgan fingerprint density at radius 2 is 1.55 bits per heavy atom. The van der Waals surface area contributed by atoms with Crippen LogP contribution in [0.15, 0.2) is 48.8 Å². The molecule has 19 heteroatoms. The molecule has 0 radical (unpaired) electrons. The SMILES string of the molecule is CN1CCN(C(=O)CC[C@H](NC(=O)C(=O)Nc2cc(Cl)ccc2-n2cnnn2)C(=O)Nc2ccc3c(c2)cc(C(=O)OC(C)(C)C)n3C(=O)OC(C)(C)C)CC1. The molecule has 4 amide bonds. The number of likely N-dealkylation sites (N-methyl/N-ethyl adjacent to an activating group) is 1. The maximum atomic E-state index is 13.9. The van der Waals surface area contributed by atoms with Crippen molar-refractivity contribution in [1.29, 1.82) is 0 Å². The number of hydrogen-bond acceptors (Lipinski definition) is 12. The fourth-order valence-corrected chi connectivity index (χ4v) is 5.91. The summed E-state index contributed by atoms with van der Waals surface area (Å²) in [4.78, 5) is 84.0. The molecule has 0 bridgehead atoms. The molecular formula is C37H45ClN10O8. The Bertz CT molecular complexity index is 2130. The number of ether oxygens (including phenoxy) is 2. The van der Waals surface area contributed by atoms with Crippen molar-refractivity contribution in [2.24, 2.45) is 0 Å². The van der Waals surface area contributed by atoms with Crippen LogP contribution in [0.2, 0.25) is 5.02 Å². The second-order valence-corrected chi connectivity index (χ2v) is 15.7. The van der Waals surface area contributed by atoms with Gasteiger partial charge in [-0.05, 0) is 108 Å². The molecule has 2 aromatic carbocycles. The van der Waals surface area contributed by atoms with Crippen LogP contribution in [0, 0.1) is 0 Å². The molecule has 1 saturated heterocycles. The minimum Gasteiger partial charge on any atom is -0.455 e. The van der Waals surface area contributed by atoms with Crippen LogP contribution in [-0.2, 0) is 28.7 Å². The second-order valence-electron chi connectivity index (χ2n) is 15.2. The number of rotatable bonds is 9. The smallest absolute Gasteiger partial charge is 0.419 e. The van der Waals surface area contributed by atoms with Gasteiger partial charge in [-0.2, -0.15) is 4.68 Å². The van der Waals surface area contributed by atoms with Crippen molar-refractivity contribution in [2.45, 2.75) is 71.6 Å². The van der Waals surface area contributed by atoms with Crippen molar-refractivity contribution in [3.8, 4) is 5.69 Å². The van der Waals surface area contributed by atoms with Crippen LogP contribution < -0.4 is 16.0 Å². The molecule has 4 aromatic rings. The van der Waals surface area contributed by atoms with Crippen LogP contribution >= 0.6 is 11.6 Å². The third-order valence-electron chi connectivity index (χ3n) is 8.39. The molecular weight excluding hydrogens is 748 g/mol. The number of nitrogens with one attached hydrogen (secondary N) is 3. The van der Waals surface area contributed by atoms with Gasteiger partial charge in [0.1, 0.15) is 29.3 Å². The molecule has 0 saturated carbocycles. The average molecular weight is 793 g/mol. The molecule has 298 valence electrons. The number of amides is 4. The molecule has 2 aromatic heterocycles. The van der Waals surface area contributed by atoms with E-state index in [1.165, 1.54) is 41.3 Å². The molecule has 0 spiro atoms. The van der Waals surface area contributed by atoms with Gasteiger partial charge in [-0.1, -0.05) is 11.6 Å². The summed E-state index contributed by atoms with van der Waals surface area (Å²) in [6.45, 7) is 12.6. The second kappa shape index (κ2) is 16.9. The highest BCUT2D eigenvalue weighted by Gasteiger charge is 2.30. The van der Waals surface area contributed by atoms with Crippen molar-refractivity contribution >= 4 is 69.6 Å². The van der Waals surface area contributed by atoms with E-state index in [1.807, 2.05) is 7.05 Å². The molecule has 56 heavy (non-hydrogen) atoms. The normalized spacial score (nSPS) is 14.2. The van der Waals surface area contributed by atoms with Gasteiger partial charge in [-0.25, -0.2) is 14.2 Å². The van der Waals surface area contributed by atoms with Gasteiger partial charge in [0.2, 0.25) is 11.8 Å². The predicted octanol–water partition coefficient (Wildman–Crippen LogP) is 3.63. The lowest BCUT2D eigenvalue weighted by Crippen LogP contribution is -2.49. The average Bonchev–Trinajstić information content (AvgIpc) is 3.77. The topological polar surface area (TPSA) is 212 Å². The molecule has 1 aliphatic rings. The Kier molecular flexibility index (Phi) is 12.4. The van der Waals surface area contributed by atoms with E-state index in [2.05, 4.69) is 36.4 Å². The number of nitrogens with zero attached hydrogens (tertiary/aromatic N) is 7. The van der Waals surface area contributed by atoms with Gasteiger partial charge in [0.05, 0.1) is 16.9 Å². The summed E-state index contributed by atoms with van der Waals surface area (Å²) in [7, 11) is 1.96. The summed E-state index contributed by atoms with van der Waals surface area (Å²) in [5.41, 5.74) is -0.849. The maximum Gasteiger partial charge on any atom is 0.419 e. The van der Waals surface area contributed by atoms with Gasteiger partial charge in [0.15, 0.2) is 0 Å². The lowest BCUT2D eigenvalue weighted by molar-refractivity contribution is -0.138. The lowest BCUT2D eigenvalue weighted by Gasteiger charge is -2.32. The molecule has 5 rings (SSSR count). The fourth-order valence-electron chi connectivity index (χ4n) is 5.74. The van der Waals surface area contributed by atoms with Gasteiger partial charge in [0.25, 0.3) is 0 Å². The molecule has 3 heterocycles. The van der Waals surface area contributed by atoms with Crippen LogP contribution in [-0.4, -0.2) is 121 Å². The number of piperazine rings is 1. The molecule has 1 aliphatic heterocycles. The van der Waals surface area contributed by atoms with Gasteiger partial charge in [-0.3, -0.25) is 19.2 Å². The monoisotopic (exact) mass is 792 g/mol. The summed E-state index contributed by atoms with van der Waals surface area (Å²) in [6, 6.07) is 9.15. The van der Waals surface area contributed by atoms with E-state index in [4.69, 9.17) is 21.1 Å². The van der Waals surface area contributed by atoms with E-state index in [1.54, 1.807) is 58.6 Å². The third-order valence-corrected chi connectivity index (χ3v) is 8.62. The summed E-state index contributed by atoms with van der Waals surface area (Å²) in [5.74, 6) is -3.98. The molecule has 0 aliphatic carbocycles. The zero-order valence-corrected chi connectivity index (χ0v) is 33.0. The number of carbonyl (C=O) groups is 6. The van der Waals surface area contributed by atoms with E-state index < -0.39 is 47.0 Å². The Labute approximate surface area is 327 Å². The minimum atomic E-state index is -1.35. The van der Waals surface area contributed by atoms with Gasteiger partial charge < -0.3 is 35.2 Å². The predicted molar refractivity (Wildman–Crippen MR) is 205 cm³/mol. The Balaban J connectivity index is 1.39. The number of fused-ring (bicyclic) bond motifs is 1. The van der Waals surface area contributed by atoms with Gasteiger partial charge >= 0.3 is 23.9 Å². The highest BCUT2D eigenvalue weighted by atomic mass is 35.5. The van der Waals surface area contributed by atoms with Gasteiger partial charge in [-0.15, -0.1) is 5.10 Å². The van der Waals surface area contributed by atoms with Crippen molar-refractivity contribution in [3.05, 3.63) is 59.5 Å². The quantitative estimate of drug-likeness (QED) is 0.164.